The standard InChI is InChI=1S/C28H28N4O4/c1-36-24-8-3-2-5-19(24)28(35)30-14-16-9-11-17(12-10-16)20-13-21(18-6-4-7-23(18)33)22-15-31-32-26(22)25(20)27(29)34/h2-3,5,8-13,15,18,23,33H,4,6-7,14H2,1H3,(H2,29,34)(H,30,35)(H,31,32). The summed E-state index contributed by atoms with van der Waals surface area (Å²) < 4.78 is 5.27. The van der Waals surface area contributed by atoms with Crippen LogP contribution in [0, 0.1) is 0 Å². The summed E-state index contributed by atoms with van der Waals surface area (Å²) in [5, 5.41) is 21.4. The summed E-state index contributed by atoms with van der Waals surface area (Å²) in [6.07, 6.45) is 3.85. The lowest BCUT2D eigenvalue weighted by molar-refractivity contribution is 0.0946. The van der Waals surface area contributed by atoms with E-state index in [1.54, 1.807) is 24.4 Å². The zero-order chi connectivity index (χ0) is 25.2. The molecule has 1 aliphatic carbocycles. The lowest BCUT2D eigenvalue weighted by Crippen LogP contribution is -2.23. The van der Waals surface area contributed by atoms with E-state index in [2.05, 4.69) is 15.5 Å². The summed E-state index contributed by atoms with van der Waals surface area (Å²) in [6, 6.07) is 16.7. The molecule has 8 heteroatoms. The van der Waals surface area contributed by atoms with Gasteiger partial charge in [-0.1, -0.05) is 42.8 Å². The maximum Gasteiger partial charge on any atom is 0.255 e. The number of nitrogens with two attached hydrogens (primary N) is 1. The van der Waals surface area contributed by atoms with Crippen LogP contribution >= 0.6 is 0 Å². The number of benzene rings is 3. The summed E-state index contributed by atoms with van der Waals surface area (Å²) in [7, 11) is 1.53. The first-order valence-electron chi connectivity index (χ1n) is 12.0. The van der Waals surface area contributed by atoms with Gasteiger partial charge in [0, 0.05) is 17.8 Å². The van der Waals surface area contributed by atoms with Crippen molar-refractivity contribution in [1.29, 1.82) is 0 Å². The van der Waals surface area contributed by atoms with Gasteiger partial charge in [-0.05, 0) is 53.3 Å². The number of carbonyl (C=O) groups is 2. The average molecular weight is 485 g/mol. The largest absolute Gasteiger partial charge is 0.496 e. The number of rotatable bonds is 7. The lowest BCUT2D eigenvalue weighted by atomic mass is 9.87. The van der Waals surface area contributed by atoms with Crippen LogP contribution in [0.2, 0.25) is 0 Å². The van der Waals surface area contributed by atoms with Crippen molar-refractivity contribution in [3.05, 3.63) is 83.0 Å². The summed E-state index contributed by atoms with van der Waals surface area (Å²) in [6.45, 7) is 0.332. The second kappa shape index (κ2) is 9.83. The number of aliphatic hydroxyl groups is 1. The van der Waals surface area contributed by atoms with E-state index >= 15 is 0 Å². The van der Waals surface area contributed by atoms with Crippen LogP contribution in [-0.2, 0) is 6.54 Å². The Hall–Kier alpha value is -4.17. The maximum absolute atomic E-state index is 12.6. The van der Waals surface area contributed by atoms with Crippen LogP contribution in [-0.4, -0.2) is 40.3 Å². The molecule has 0 bridgehead atoms. The Morgan fingerprint density at radius 2 is 1.94 bits per heavy atom. The minimum Gasteiger partial charge on any atom is -0.496 e. The van der Waals surface area contributed by atoms with Crippen LogP contribution in [0.4, 0.5) is 0 Å². The van der Waals surface area contributed by atoms with Gasteiger partial charge in [0.1, 0.15) is 5.75 Å². The molecule has 1 fully saturated rings. The zero-order valence-electron chi connectivity index (χ0n) is 20.0. The number of fused-ring (bicyclic) bond motifs is 1. The number of para-hydroxylation sites is 1. The summed E-state index contributed by atoms with van der Waals surface area (Å²) >= 11 is 0. The van der Waals surface area contributed by atoms with Crippen molar-refractivity contribution in [3.8, 4) is 16.9 Å². The minimum atomic E-state index is -0.550. The number of methoxy groups -OCH3 is 1. The third kappa shape index (κ3) is 4.31. The number of hydrogen-bond acceptors (Lipinski definition) is 5. The Morgan fingerprint density at radius 3 is 2.64 bits per heavy atom. The van der Waals surface area contributed by atoms with Crippen LogP contribution in [0.1, 0.15) is 57.0 Å². The fourth-order valence-electron chi connectivity index (χ4n) is 5.14. The Bertz CT molecular complexity index is 1430. The first-order chi connectivity index (χ1) is 17.5. The number of aromatic amines is 1. The molecule has 1 aromatic heterocycles. The van der Waals surface area contributed by atoms with Gasteiger partial charge in [0.2, 0.25) is 0 Å². The van der Waals surface area contributed by atoms with Crippen molar-refractivity contribution in [2.45, 2.75) is 37.8 Å². The zero-order valence-corrected chi connectivity index (χ0v) is 20.0. The topological polar surface area (TPSA) is 130 Å². The Balaban J connectivity index is 1.44. The molecule has 0 spiro atoms. The second-order valence-corrected chi connectivity index (χ2v) is 9.10. The normalized spacial score (nSPS) is 17.3. The highest BCUT2D eigenvalue weighted by molar-refractivity contribution is 6.11. The third-order valence-electron chi connectivity index (χ3n) is 6.96. The van der Waals surface area contributed by atoms with Crippen molar-refractivity contribution < 1.29 is 19.4 Å². The maximum atomic E-state index is 12.6. The monoisotopic (exact) mass is 484 g/mol. The van der Waals surface area contributed by atoms with Gasteiger partial charge in [0.05, 0.1) is 36.1 Å². The van der Waals surface area contributed by atoms with E-state index in [9.17, 15) is 14.7 Å². The number of hydrogen-bond donors (Lipinski definition) is 4. The molecule has 5 N–H and O–H groups in total. The highest BCUT2D eigenvalue weighted by Crippen LogP contribution is 2.41. The number of amides is 2. The van der Waals surface area contributed by atoms with E-state index in [4.69, 9.17) is 10.5 Å². The van der Waals surface area contributed by atoms with Crippen molar-refractivity contribution in [1.82, 2.24) is 15.5 Å². The Morgan fingerprint density at radius 1 is 1.17 bits per heavy atom. The van der Waals surface area contributed by atoms with Crippen LogP contribution in [0.3, 0.4) is 0 Å². The van der Waals surface area contributed by atoms with Crippen molar-refractivity contribution in [2.75, 3.05) is 7.11 Å². The first-order valence-corrected chi connectivity index (χ1v) is 12.0. The van der Waals surface area contributed by atoms with Crippen molar-refractivity contribution >= 4 is 22.7 Å². The fraction of sp³-hybridized carbons (Fsp3) is 0.250. The molecule has 8 nitrogen and oxygen atoms in total. The van der Waals surface area contributed by atoms with Gasteiger partial charge < -0.3 is 20.9 Å². The molecule has 3 aromatic carbocycles. The molecule has 0 aliphatic heterocycles. The molecule has 184 valence electrons. The molecular weight excluding hydrogens is 456 g/mol. The third-order valence-corrected chi connectivity index (χ3v) is 6.96. The molecule has 1 saturated carbocycles. The summed E-state index contributed by atoms with van der Waals surface area (Å²) in [5.74, 6) is -0.278. The number of aromatic nitrogens is 2. The minimum absolute atomic E-state index is 0.0183. The SMILES string of the molecule is COc1ccccc1C(=O)NCc1ccc(-c2cc(C3CCCC3O)c3cn[nH]c3c2C(N)=O)cc1. The number of H-pyrrole nitrogens is 1. The second-order valence-electron chi connectivity index (χ2n) is 9.10. The molecule has 0 saturated heterocycles. The molecule has 0 radical (unpaired) electrons. The predicted molar refractivity (Wildman–Crippen MR) is 137 cm³/mol. The molecule has 2 amide bonds. The number of carbonyl (C=O) groups excluding carboxylic acids is 2. The molecular formula is C28H28N4O4. The molecule has 36 heavy (non-hydrogen) atoms. The molecule has 1 heterocycles. The van der Waals surface area contributed by atoms with E-state index in [-0.39, 0.29) is 11.8 Å². The van der Waals surface area contributed by atoms with E-state index in [0.29, 0.717) is 34.5 Å². The van der Waals surface area contributed by atoms with Crippen molar-refractivity contribution in [3.63, 3.8) is 0 Å². The number of primary amides is 1. The predicted octanol–water partition coefficient (Wildman–Crippen LogP) is 3.90. The van der Waals surface area contributed by atoms with Gasteiger partial charge in [-0.25, -0.2) is 0 Å². The number of aliphatic hydroxyl groups excluding tert-OH is 1. The molecule has 2 atom stereocenters. The number of nitrogens with zero attached hydrogens (tertiary/aromatic N) is 1. The van der Waals surface area contributed by atoms with E-state index in [1.807, 2.05) is 36.4 Å². The number of ether oxygens (including phenoxy) is 1. The molecule has 1 aliphatic rings. The Labute approximate surface area is 208 Å². The van der Waals surface area contributed by atoms with Gasteiger partial charge in [-0.3, -0.25) is 14.7 Å². The summed E-state index contributed by atoms with van der Waals surface area (Å²) in [5.41, 5.74) is 10.6. The van der Waals surface area contributed by atoms with E-state index < -0.39 is 12.0 Å². The number of nitrogens with one attached hydrogen (secondary N) is 2. The molecule has 5 rings (SSSR count). The molecule has 2 unspecified atom stereocenters. The highest BCUT2D eigenvalue weighted by Gasteiger charge is 2.30. The van der Waals surface area contributed by atoms with Gasteiger partial charge >= 0.3 is 0 Å². The fourth-order valence-corrected chi connectivity index (χ4v) is 5.14. The van der Waals surface area contributed by atoms with Crippen LogP contribution in [0.15, 0.2) is 60.8 Å². The van der Waals surface area contributed by atoms with Crippen molar-refractivity contribution in [2.24, 2.45) is 5.73 Å². The quantitative estimate of drug-likeness (QED) is 0.316. The first kappa shape index (κ1) is 23.6. The average Bonchev–Trinajstić information content (AvgIpc) is 3.55. The van der Waals surface area contributed by atoms with Crippen LogP contribution < -0.4 is 15.8 Å². The van der Waals surface area contributed by atoms with Crippen LogP contribution in [0.25, 0.3) is 22.0 Å². The highest BCUT2D eigenvalue weighted by atomic mass is 16.5. The molecule has 4 aromatic rings. The van der Waals surface area contributed by atoms with Gasteiger partial charge in [-0.15, -0.1) is 0 Å². The van der Waals surface area contributed by atoms with Gasteiger partial charge in [0.25, 0.3) is 11.8 Å². The van der Waals surface area contributed by atoms with E-state index in [0.717, 1.165) is 41.3 Å². The van der Waals surface area contributed by atoms with Gasteiger partial charge in [0.15, 0.2) is 0 Å². The van der Waals surface area contributed by atoms with E-state index in [1.165, 1.54) is 7.11 Å². The Kier molecular flexibility index (Phi) is 6.43. The lowest BCUT2D eigenvalue weighted by Gasteiger charge is -2.19. The smallest absolute Gasteiger partial charge is 0.255 e. The summed E-state index contributed by atoms with van der Waals surface area (Å²) in [4.78, 5) is 25.1. The van der Waals surface area contributed by atoms with Crippen LogP contribution in [0.5, 0.6) is 5.75 Å². The van der Waals surface area contributed by atoms with Gasteiger partial charge in [-0.2, -0.15) is 5.10 Å².